The summed E-state index contributed by atoms with van der Waals surface area (Å²) in [5.41, 5.74) is 0.581. The molecule has 0 aliphatic carbocycles. The third-order valence-corrected chi connectivity index (χ3v) is 2.95. The molecule has 0 fully saturated rings. The van der Waals surface area contributed by atoms with Crippen molar-refractivity contribution in [3.05, 3.63) is 46.0 Å². The summed E-state index contributed by atoms with van der Waals surface area (Å²) in [6.07, 6.45) is 0. The fourth-order valence-electron chi connectivity index (χ4n) is 2.11. The van der Waals surface area contributed by atoms with Crippen LogP contribution in [-0.4, -0.2) is 29.8 Å². The van der Waals surface area contributed by atoms with Crippen LogP contribution in [0.5, 0.6) is 0 Å². The van der Waals surface area contributed by atoms with E-state index in [4.69, 9.17) is 4.74 Å². The van der Waals surface area contributed by atoms with Crippen molar-refractivity contribution in [2.24, 2.45) is 5.92 Å². The van der Waals surface area contributed by atoms with Crippen LogP contribution in [0.15, 0.2) is 30.3 Å². The first kappa shape index (κ1) is 15.8. The zero-order valence-electron chi connectivity index (χ0n) is 11.4. The summed E-state index contributed by atoms with van der Waals surface area (Å²) in [5.74, 6) is -3.11. The zero-order chi connectivity index (χ0) is 15.1. The standard InChI is InChI=1S/C14H17NO5/c1-3-20-14(17)13(10(2)16)12(9-15(18)19)11-7-5-4-6-8-11/h4-8,12-13H,3,9H2,1-2H3/t12-,13+/m1/s1. The lowest BCUT2D eigenvalue weighted by molar-refractivity contribution is -0.484. The second-order valence-electron chi connectivity index (χ2n) is 4.37. The number of rotatable bonds is 7. The third kappa shape index (κ3) is 4.15. The maximum Gasteiger partial charge on any atom is 0.317 e. The number of carbonyl (C=O) groups is 2. The molecule has 1 rings (SSSR count). The van der Waals surface area contributed by atoms with Gasteiger partial charge in [-0.25, -0.2) is 0 Å². The average Bonchev–Trinajstić information content (AvgIpc) is 2.38. The molecule has 0 saturated carbocycles. The van der Waals surface area contributed by atoms with Gasteiger partial charge in [-0.3, -0.25) is 19.7 Å². The number of carbonyl (C=O) groups excluding carboxylic acids is 2. The summed E-state index contributed by atoms with van der Waals surface area (Å²) < 4.78 is 4.87. The highest BCUT2D eigenvalue weighted by Crippen LogP contribution is 2.27. The summed E-state index contributed by atoms with van der Waals surface area (Å²) in [7, 11) is 0. The zero-order valence-corrected chi connectivity index (χ0v) is 11.4. The predicted molar refractivity (Wildman–Crippen MR) is 71.8 cm³/mol. The number of nitrogens with zero attached hydrogens (tertiary/aromatic N) is 1. The van der Waals surface area contributed by atoms with Gasteiger partial charge in [0.05, 0.1) is 12.5 Å². The van der Waals surface area contributed by atoms with Crippen LogP contribution in [0, 0.1) is 16.0 Å². The Morgan fingerprint density at radius 3 is 2.35 bits per heavy atom. The van der Waals surface area contributed by atoms with Crippen molar-refractivity contribution >= 4 is 11.8 Å². The fraction of sp³-hybridized carbons (Fsp3) is 0.429. The Kier molecular flexibility index (Phi) is 5.83. The molecule has 0 aromatic heterocycles. The van der Waals surface area contributed by atoms with Gasteiger partial charge >= 0.3 is 5.97 Å². The molecule has 1 aromatic rings. The Hall–Kier alpha value is -2.24. The van der Waals surface area contributed by atoms with Gasteiger partial charge in [0.1, 0.15) is 11.7 Å². The number of hydrogen-bond acceptors (Lipinski definition) is 5. The summed E-state index contributed by atoms with van der Waals surface area (Å²) in [4.78, 5) is 34.0. The molecule has 0 amide bonds. The van der Waals surface area contributed by atoms with Gasteiger partial charge in [-0.2, -0.15) is 0 Å². The molecular formula is C14H17NO5. The number of Topliss-reactive ketones (excluding diaryl/α,β-unsaturated/α-hetero) is 1. The minimum absolute atomic E-state index is 0.128. The summed E-state index contributed by atoms with van der Waals surface area (Å²) >= 11 is 0. The first-order chi connectivity index (χ1) is 9.47. The van der Waals surface area contributed by atoms with Crippen LogP contribution >= 0.6 is 0 Å². The van der Waals surface area contributed by atoms with Crippen molar-refractivity contribution in [1.82, 2.24) is 0 Å². The Balaban J connectivity index is 3.15. The van der Waals surface area contributed by atoms with Gasteiger partial charge in [0.15, 0.2) is 0 Å². The van der Waals surface area contributed by atoms with E-state index in [0.29, 0.717) is 5.56 Å². The summed E-state index contributed by atoms with van der Waals surface area (Å²) in [5, 5.41) is 10.8. The van der Waals surface area contributed by atoms with Crippen LogP contribution in [0.4, 0.5) is 0 Å². The van der Waals surface area contributed by atoms with Crippen molar-refractivity contribution in [1.29, 1.82) is 0 Å². The number of benzene rings is 1. The fourth-order valence-corrected chi connectivity index (χ4v) is 2.11. The lowest BCUT2D eigenvalue weighted by Crippen LogP contribution is -2.34. The van der Waals surface area contributed by atoms with Crippen LogP contribution in [0.2, 0.25) is 0 Å². The van der Waals surface area contributed by atoms with Crippen LogP contribution in [0.1, 0.15) is 25.3 Å². The normalized spacial score (nSPS) is 13.3. The molecular weight excluding hydrogens is 262 g/mol. The van der Waals surface area contributed by atoms with Crippen molar-refractivity contribution in [3.63, 3.8) is 0 Å². The molecule has 1 aromatic carbocycles. The van der Waals surface area contributed by atoms with Crippen LogP contribution in [-0.2, 0) is 14.3 Å². The number of nitro groups is 1. The minimum atomic E-state index is -1.15. The summed E-state index contributed by atoms with van der Waals surface area (Å²) in [6, 6.07) is 8.53. The van der Waals surface area contributed by atoms with Crippen LogP contribution in [0.25, 0.3) is 0 Å². The highest BCUT2D eigenvalue weighted by atomic mass is 16.6. The van der Waals surface area contributed by atoms with Crippen molar-refractivity contribution in [3.8, 4) is 0 Å². The first-order valence-corrected chi connectivity index (χ1v) is 6.31. The Morgan fingerprint density at radius 1 is 1.30 bits per heavy atom. The summed E-state index contributed by atoms with van der Waals surface area (Å²) in [6.45, 7) is 2.51. The molecule has 6 heteroatoms. The maximum atomic E-state index is 11.9. The highest BCUT2D eigenvalue weighted by molar-refractivity contribution is 5.98. The van der Waals surface area contributed by atoms with E-state index in [1.165, 1.54) is 6.92 Å². The first-order valence-electron chi connectivity index (χ1n) is 6.31. The van der Waals surface area contributed by atoms with Gasteiger partial charge in [-0.15, -0.1) is 0 Å². The average molecular weight is 279 g/mol. The van der Waals surface area contributed by atoms with E-state index in [0.717, 1.165) is 0 Å². The largest absolute Gasteiger partial charge is 0.465 e. The van der Waals surface area contributed by atoms with Crippen molar-refractivity contribution in [2.75, 3.05) is 13.2 Å². The molecule has 0 N–H and O–H groups in total. The van der Waals surface area contributed by atoms with E-state index in [2.05, 4.69) is 0 Å². The topological polar surface area (TPSA) is 86.5 Å². The molecule has 0 unspecified atom stereocenters. The smallest absolute Gasteiger partial charge is 0.317 e. The lowest BCUT2D eigenvalue weighted by atomic mass is 9.83. The van der Waals surface area contributed by atoms with E-state index < -0.39 is 35.1 Å². The van der Waals surface area contributed by atoms with E-state index in [1.807, 2.05) is 0 Å². The van der Waals surface area contributed by atoms with E-state index >= 15 is 0 Å². The Bertz CT molecular complexity index is 486. The second kappa shape index (κ2) is 7.37. The third-order valence-electron chi connectivity index (χ3n) is 2.95. The van der Waals surface area contributed by atoms with Crippen molar-refractivity contribution < 1.29 is 19.2 Å². The number of ether oxygens (including phenoxy) is 1. The molecule has 0 heterocycles. The molecule has 0 radical (unpaired) electrons. The highest BCUT2D eigenvalue weighted by Gasteiger charge is 2.37. The number of esters is 1. The van der Waals surface area contributed by atoms with Gasteiger partial charge in [0.25, 0.3) is 0 Å². The van der Waals surface area contributed by atoms with Gasteiger partial charge in [0.2, 0.25) is 6.54 Å². The molecule has 0 aliphatic heterocycles. The van der Waals surface area contributed by atoms with Gasteiger partial charge in [0, 0.05) is 4.92 Å². The van der Waals surface area contributed by atoms with Gasteiger partial charge in [-0.1, -0.05) is 30.3 Å². The van der Waals surface area contributed by atoms with Crippen LogP contribution in [0.3, 0.4) is 0 Å². The minimum Gasteiger partial charge on any atom is -0.465 e. The maximum absolute atomic E-state index is 11.9. The molecule has 0 bridgehead atoms. The van der Waals surface area contributed by atoms with Crippen LogP contribution < -0.4 is 0 Å². The quantitative estimate of drug-likeness (QED) is 0.329. The second-order valence-corrected chi connectivity index (χ2v) is 4.37. The Labute approximate surface area is 116 Å². The molecule has 20 heavy (non-hydrogen) atoms. The molecule has 0 spiro atoms. The van der Waals surface area contributed by atoms with Crippen molar-refractivity contribution in [2.45, 2.75) is 19.8 Å². The molecule has 0 saturated heterocycles. The van der Waals surface area contributed by atoms with E-state index in [-0.39, 0.29) is 6.61 Å². The van der Waals surface area contributed by atoms with E-state index in [9.17, 15) is 19.7 Å². The predicted octanol–water partition coefficient (Wildman–Crippen LogP) is 1.82. The monoisotopic (exact) mass is 279 g/mol. The number of ketones is 1. The van der Waals surface area contributed by atoms with E-state index in [1.54, 1.807) is 37.3 Å². The molecule has 108 valence electrons. The SMILES string of the molecule is CCOC(=O)[C@@H](C(C)=O)[C@H](C[N+](=O)[O-])c1ccccc1. The van der Waals surface area contributed by atoms with Gasteiger partial charge < -0.3 is 4.74 Å². The molecule has 6 nitrogen and oxygen atoms in total. The lowest BCUT2D eigenvalue weighted by Gasteiger charge is -2.20. The Morgan fingerprint density at radius 2 is 1.90 bits per heavy atom. The number of hydrogen-bond donors (Lipinski definition) is 0. The van der Waals surface area contributed by atoms with Gasteiger partial charge in [-0.05, 0) is 19.4 Å². The molecule has 2 atom stereocenters. The molecule has 0 aliphatic rings.